The number of benzene rings is 2. The van der Waals surface area contributed by atoms with E-state index in [1.807, 2.05) is 5.32 Å². The van der Waals surface area contributed by atoms with Gasteiger partial charge in [-0.15, -0.1) is 0 Å². The van der Waals surface area contributed by atoms with Gasteiger partial charge in [-0.3, -0.25) is 4.79 Å². The van der Waals surface area contributed by atoms with Crippen LogP contribution in [0, 0.1) is 11.6 Å². The molecule has 0 saturated heterocycles. The fraction of sp³-hybridized carbons (Fsp3) is 0.125. The van der Waals surface area contributed by atoms with Gasteiger partial charge in [0.25, 0.3) is 5.91 Å². The molecule has 25 heavy (non-hydrogen) atoms. The Balaban J connectivity index is 1.93. The molecule has 0 heterocycles. The van der Waals surface area contributed by atoms with E-state index in [9.17, 15) is 31.5 Å². The van der Waals surface area contributed by atoms with Crippen LogP contribution in [0.5, 0.6) is 0 Å². The van der Waals surface area contributed by atoms with Gasteiger partial charge < -0.3 is 10.1 Å². The predicted molar refractivity (Wildman–Crippen MR) is 76.7 cm³/mol. The maximum atomic E-state index is 13.3. The van der Waals surface area contributed by atoms with E-state index in [1.54, 1.807) is 0 Å². The minimum atomic E-state index is -4.54. The zero-order valence-electron chi connectivity index (χ0n) is 12.4. The Labute approximate surface area is 138 Å². The van der Waals surface area contributed by atoms with Gasteiger partial charge in [0.05, 0.1) is 16.8 Å². The normalized spacial score (nSPS) is 11.1. The number of alkyl halides is 3. The van der Waals surface area contributed by atoms with Gasteiger partial charge >= 0.3 is 12.1 Å². The Kier molecular flexibility index (Phi) is 5.35. The van der Waals surface area contributed by atoms with Crippen molar-refractivity contribution in [3.05, 3.63) is 65.2 Å². The van der Waals surface area contributed by atoms with Gasteiger partial charge in [-0.05, 0) is 36.4 Å². The topological polar surface area (TPSA) is 55.4 Å². The summed E-state index contributed by atoms with van der Waals surface area (Å²) in [5.74, 6) is -3.64. The van der Waals surface area contributed by atoms with Crippen LogP contribution in [0.15, 0.2) is 42.5 Å². The van der Waals surface area contributed by atoms with Crippen molar-refractivity contribution in [2.24, 2.45) is 0 Å². The number of hydrogen-bond acceptors (Lipinski definition) is 3. The molecule has 0 unspecified atom stereocenters. The molecule has 0 spiro atoms. The van der Waals surface area contributed by atoms with Crippen molar-refractivity contribution in [2.45, 2.75) is 6.18 Å². The van der Waals surface area contributed by atoms with E-state index in [0.717, 1.165) is 30.3 Å². The summed E-state index contributed by atoms with van der Waals surface area (Å²) < 4.78 is 68.2. The quantitative estimate of drug-likeness (QED) is 0.668. The average molecular weight is 359 g/mol. The van der Waals surface area contributed by atoms with Crippen molar-refractivity contribution in [3.8, 4) is 0 Å². The van der Waals surface area contributed by atoms with Gasteiger partial charge in [-0.1, -0.05) is 0 Å². The van der Waals surface area contributed by atoms with Gasteiger partial charge in [-0.25, -0.2) is 13.6 Å². The fourth-order valence-electron chi connectivity index (χ4n) is 1.79. The van der Waals surface area contributed by atoms with Crippen molar-refractivity contribution in [2.75, 3.05) is 11.9 Å². The molecule has 1 N–H and O–H groups in total. The van der Waals surface area contributed by atoms with Crippen LogP contribution >= 0.6 is 0 Å². The monoisotopic (exact) mass is 359 g/mol. The molecule has 0 fully saturated rings. The Bertz CT molecular complexity index is 787. The average Bonchev–Trinajstić information content (AvgIpc) is 2.55. The zero-order chi connectivity index (χ0) is 18.6. The van der Waals surface area contributed by atoms with E-state index >= 15 is 0 Å². The first-order valence-electron chi connectivity index (χ1n) is 6.76. The van der Waals surface area contributed by atoms with E-state index in [1.165, 1.54) is 0 Å². The van der Waals surface area contributed by atoms with E-state index in [0.29, 0.717) is 12.1 Å². The van der Waals surface area contributed by atoms with Gasteiger partial charge in [-0.2, -0.15) is 13.2 Å². The largest absolute Gasteiger partial charge is 0.452 e. The lowest BCUT2D eigenvalue weighted by atomic mass is 10.1. The summed E-state index contributed by atoms with van der Waals surface area (Å²) >= 11 is 0. The number of amides is 1. The molecule has 1 amide bonds. The standard InChI is InChI=1S/C16H10F5NO3/c17-11-5-6-12(18)13(7-11)22-14(23)8-25-15(24)9-1-3-10(4-2-9)16(19,20)21/h1-7H,8H2,(H,22,23). The van der Waals surface area contributed by atoms with Gasteiger partial charge in [0, 0.05) is 6.07 Å². The molecule has 0 bridgehead atoms. The summed E-state index contributed by atoms with van der Waals surface area (Å²) in [6.07, 6.45) is -4.54. The molecular formula is C16H10F5NO3. The second-order valence-electron chi connectivity index (χ2n) is 4.82. The second kappa shape index (κ2) is 7.29. The molecule has 9 heteroatoms. The number of carbonyl (C=O) groups excluding carboxylic acids is 2. The molecule has 0 aliphatic rings. The van der Waals surface area contributed by atoms with E-state index in [2.05, 4.69) is 4.74 Å². The molecule has 0 aliphatic heterocycles. The molecule has 132 valence electrons. The highest BCUT2D eigenvalue weighted by Crippen LogP contribution is 2.29. The Morgan fingerprint density at radius 3 is 2.24 bits per heavy atom. The Morgan fingerprint density at radius 1 is 1.00 bits per heavy atom. The van der Waals surface area contributed by atoms with Crippen LogP contribution in [0.3, 0.4) is 0 Å². The molecule has 0 radical (unpaired) electrons. The highest BCUT2D eigenvalue weighted by Gasteiger charge is 2.30. The first-order valence-corrected chi connectivity index (χ1v) is 6.76. The van der Waals surface area contributed by atoms with Crippen molar-refractivity contribution < 1.29 is 36.3 Å². The molecule has 2 rings (SSSR count). The van der Waals surface area contributed by atoms with Crippen LogP contribution in [-0.2, 0) is 15.7 Å². The Hall–Kier alpha value is -2.97. The van der Waals surface area contributed by atoms with Crippen molar-refractivity contribution in [3.63, 3.8) is 0 Å². The summed E-state index contributed by atoms with van der Waals surface area (Å²) in [4.78, 5) is 23.2. The third-order valence-electron chi connectivity index (χ3n) is 2.98. The number of rotatable bonds is 4. The number of halogens is 5. The van der Waals surface area contributed by atoms with E-state index in [4.69, 9.17) is 0 Å². The summed E-state index contributed by atoms with van der Waals surface area (Å²) in [6.45, 7) is -0.824. The molecule has 0 atom stereocenters. The molecular weight excluding hydrogens is 349 g/mol. The lowest BCUT2D eigenvalue weighted by Crippen LogP contribution is -2.21. The number of esters is 1. The third kappa shape index (κ3) is 5.00. The number of ether oxygens (including phenoxy) is 1. The highest BCUT2D eigenvalue weighted by molar-refractivity contribution is 5.95. The summed E-state index contributed by atoms with van der Waals surface area (Å²) in [5, 5.41) is 2.01. The second-order valence-corrected chi connectivity index (χ2v) is 4.82. The summed E-state index contributed by atoms with van der Waals surface area (Å²) in [6, 6.07) is 5.59. The van der Waals surface area contributed by atoms with Crippen LogP contribution in [0.1, 0.15) is 15.9 Å². The lowest BCUT2D eigenvalue weighted by Gasteiger charge is -2.09. The molecule has 0 aromatic heterocycles. The summed E-state index contributed by atoms with van der Waals surface area (Å²) in [5.41, 5.74) is -1.57. The van der Waals surface area contributed by atoms with Crippen LogP contribution < -0.4 is 5.32 Å². The molecule has 2 aromatic carbocycles. The number of hydrogen-bond donors (Lipinski definition) is 1. The fourth-order valence-corrected chi connectivity index (χ4v) is 1.79. The van der Waals surface area contributed by atoms with Gasteiger partial charge in [0.15, 0.2) is 6.61 Å². The highest BCUT2D eigenvalue weighted by atomic mass is 19.4. The minimum absolute atomic E-state index is 0.197. The number of carbonyl (C=O) groups is 2. The number of nitrogens with one attached hydrogen (secondary N) is 1. The zero-order valence-corrected chi connectivity index (χ0v) is 12.4. The first-order chi connectivity index (χ1) is 11.7. The minimum Gasteiger partial charge on any atom is -0.452 e. The Morgan fingerprint density at radius 2 is 1.64 bits per heavy atom. The maximum Gasteiger partial charge on any atom is 0.416 e. The number of anilines is 1. The van der Waals surface area contributed by atoms with Crippen molar-refractivity contribution in [1.29, 1.82) is 0 Å². The lowest BCUT2D eigenvalue weighted by molar-refractivity contribution is -0.137. The van der Waals surface area contributed by atoms with Crippen molar-refractivity contribution >= 4 is 17.6 Å². The molecule has 2 aromatic rings. The first kappa shape index (κ1) is 18.4. The predicted octanol–water partition coefficient (Wildman–Crippen LogP) is 3.78. The van der Waals surface area contributed by atoms with Crippen LogP contribution in [0.25, 0.3) is 0 Å². The SMILES string of the molecule is O=C(COC(=O)c1ccc(C(F)(F)F)cc1)Nc1cc(F)ccc1F. The van der Waals surface area contributed by atoms with Crippen LogP contribution in [0.4, 0.5) is 27.6 Å². The molecule has 0 aliphatic carbocycles. The molecule has 0 saturated carbocycles. The maximum absolute atomic E-state index is 13.3. The summed E-state index contributed by atoms with van der Waals surface area (Å²) in [7, 11) is 0. The van der Waals surface area contributed by atoms with E-state index in [-0.39, 0.29) is 5.56 Å². The van der Waals surface area contributed by atoms with Gasteiger partial charge in [0.2, 0.25) is 0 Å². The van der Waals surface area contributed by atoms with E-state index < -0.39 is 47.5 Å². The van der Waals surface area contributed by atoms with Crippen LogP contribution in [0.2, 0.25) is 0 Å². The smallest absolute Gasteiger partial charge is 0.416 e. The third-order valence-corrected chi connectivity index (χ3v) is 2.98. The van der Waals surface area contributed by atoms with Crippen LogP contribution in [-0.4, -0.2) is 18.5 Å². The van der Waals surface area contributed by atoms with Crippen molar-refractivity contribution in [1.82, 2.24) is 0 Å². The molecule has 4 nitrogen and oxygen atoms in total. The van der Waals surface area contributed by atoms with Gasteiger partial charge in [0.1, 0.15) is 11.6 Å².